The first-order valence-electron chi connectivity index (χ1n) is 7.40. The molecule has 6 heteroatoms. The highest BCUT2D eigenvalue weighted by molar-refractivity contribution is 5.83. The number of nitrogens with one attached hydrogen (secondary N) is 1. The summed E-state index contributed by atoms with van der Waals surface area (Å²) in [5.41, 5.74) is 9.02. The smallest absolute Gasteiger partial charge is 0.188 e. The van der Waals surface area contributed by atoms with E-state index in [4.69, 9.17) is 15.2 Å². The molecule has 0 spiro atoms. The Bertz CT molecular complexity index is 617. The molecule has 0 amide bonds. The largest absolute Gasteiger partial charge is 0.491 e. The van der Waals surface area contributed by atoms with E-state index in [-0.39, 0.29) is 5.54 Å². The Hall–Kier alpha value is -1.92. The van der Waals surface area contributed by atoms with Gasteiger partial charge in [0.25, 0.3) is 0 Å². The topological polar surface area (TPSA) is 80.0 Å². The third-order valence-electron chi connectivity index (χ3n) is 4.32. The maximum absolute atomic E-state index is 10.6. The van der Waals surface area contributed by atoms with Gasteiger partial charge in [0.2, 0.25) is 0 Å². The van der Waals surface area contributed by atoms with Crippen LogP contribution in [0, 0.1) is 0 Å². The summed E-state index contributed by atoms with van der Waals surface area (Å²) in [7, 11) is 3.52. The summed E-state index contributed by atoms with van der Waals surface area (Å²) in [6.45, 7) is 3.16. The van der Waals surface area contributed by atoms with Crippen LogP contribution in [0.4, 0.5) is 11.4 Å². The van der Waals surface area contributed by atoms with Crippen molar-refractivity contribution in [2.75, 3.05) is 38.0 Å². The van der Waals surface area contributed by atoms with Gasteiger partial charge in [-0.2, -0.15) is 0 Å². The summed E-state index contributed by atoms with van der Waals surface area (Å²) in [5, 5.41) is 14.1. The SMILES string of the molecule is COCC1(C)CCOC2=C(N1)c1cc(N)ccc1N(C)C2O. The molecule has 2 aliphatic heterocycles. The number of hydrogen-bond donors (Lipinski definition) is 3. The summed E-state index contributed by atoms with van der Waals surface area (Å²) in [6.07, 6.45) is -0.0365. The zero-order valence-corrected chi connectivity index (χ0v) is 13.2. The fourth-order valence-corrected chi connectivity index (χ4v) is 3.08. The molecule has 4 N–H and O–H groups in total. The van der Waals surface area contributed by atoms with E-state index in [2.05, 4.69) is 12.2 Å². The van der Waals surface area contributed by atoms with Crippen LogP contribution in [0.25, 0.3) is 5.70 Å². The number of benzene rings is 1. The van der Waals surface area contributed by atoms with Crippen LogP contribution >= 0.6 is 0 Å². The van der Waals surface area contributed by atoms with Crippen molar-refractivity contribution in [3.63, 3.8) is 0 Å². The minimum absolute atomic E-state index is 0.261. The lowest BCUT2D eigenvalue weighted by atomic mass is 9.96. The Morgan fingerprint density at radius 1 is 1.55 bits per heavy atom. The molecule has 1 aromatic rings. The standard InChI is InChI=1S/C16H23N3O3/c1-16(9-21-3)6-7-22-14-13(18-16)11-8-10(17)4-5-12(11)19(2)15(14)20/h4-5,8,15,18,20H,6-7,9,17H2,1-3H3. The summed E-state index contributed by atoms with van der Waals surface area (Å²) >= 11 is 0. The van der Waals surface area contributed by atoms with Crippen LogP contribution in [0.2, 0.25) is 0 Å². The molecule has 0 saturated carbocycles. The molecule has 0 saturated heterocycles. The molecule has 3 rings (SSSR count). The second kappa shape index (κ2) is 5.37. The van der Waals surface area contributed by atoms with Crippen LogP contribution in [0.3, 0.4) is 0 Å². The minimum Gasteiger partial charge on any atom is -0.491 e. The van der Waals surface area contributed by atoms with E-state index in [9.17, 15) is 5.11 Å². The molecule has 120 valence electrons. The number of nitrogens with zero attached hydrogens (tertiary/aromatic N) is 1. The van der Waals surface area contributed by atoms with E-state index >= 15 is 0 Å². The predicted octanol–water partition coefficient (Wildman–Crippen LogP) is 1.12. The molecule has 0 aromatic heterocycles. The van der Waals surface area contributed by atoms with E-state index in [0.717, 1.165) is 23.4 Å². The molecule has 1 aromatic carbocycles. The van der Waals surface area contributed by atoms with Gasteiger partial charge in [0, 0.05) is 37.5 Å². The van der Waals surface area contributed by atoms with Crippen molar-refractivity contribution in [3.8, 4) is 0 Å². The average Bonchev–Trinajstić information content (AvgIpc) is 2.64. The van der Waals surface area contributed by atoms with Gasteiger partial charge in [-0.25, -0.2) is 0 Å². The van der Waals surface area contributed by atoms with E-state index in [1.54, 1.807) is 12.0 Å². The van der Waals surface area contributed by atoms with Gasteiger partial charge in [0.1, 0.15) is 0 Å². The number of fused-ring (bicyclic) bond motifs is 2. The van der Waals surface area contributed by atoms with Crippen molar-refractivity contribution in [1.29, 1.82) is 0 Å². The third-order valence-corrected chi connectivity index (χ3v) is 4.32. The van der Waals surface area contributed by atoms with Crippen molar-refractivity contribution in [1.82, 2.24) is 5.32 Å². The number of ether oxygens (including phenoxy) is 2. The number of aliphatic hydroxyl groups is 1. The van der Waals surface area contributed by atoms with Gasteiger partial charge in [-0.15, -0.1) is 0 Å². The lowest BCUT2D eigenvalue weighted by Gasteiger charge is -2.37. The highest BCUT2D eigenvalue weighted by Gasteiger charge is 2.37. The molecule has 22 heavy (non-hydrogen) atoms. The zero-order chi connectivity index (χ0) is 15.9. The number of anilines is 2. The van der Waals surface area contributed by atoms with Crippen molar-refractivity contribution < 1.29 is 14.6 Å². The molecule has 0 bridgehead atoms. The Morgan fingerprint density at radius 2 is 2.32 bits per heavy atom. The first-order chi connectivity index (χ1) is 10.4. The number of aliphatic hydroxyl groups excluding tert-OH is 1. The van der Waals surface area contributed by atoms with E-state index in [0.29, 0.717) is 24.7 Å². The van der Waals surface area contributed by atoms with Crippen LogP contribution in [0.15, 0.2) is 24.0 Å². The summed E-state index contributed by atoms with van der Waals surface area (Å²) < 4.78 is 11.2. The van der Waals surface area contributed by atoms with Gasteiger partial charge >= 0.3 is 0 Å². The van der Waals surface area contributed by atoms with E-state index in [1.807, 2.05) is 25.2 Å². The first-order valence-corrected chi connectivity index (χ1v) is 7.40. The van der Waals surface area contributed by atoms with Gasteiger partial charge in [-0.05, 0) is 25.1 Å². The fraction of sp³-hybridized carbons (Fsp3) is 0.500. The van der Waals surface area contributed by atoms with Crippen molar-refractivity contribution in [2.24, 2.45) is 0 Å². The van der Waals surface area contributed by atoms with E-state index in [1.165, 1.54) is 0 Å². The molecule has 2 atom stereocenters. The normalized spacial score (nSPS) is 27.5. The van der Waals surface area contributed by atoms with Crippen LogP contribution < -0.4 is 16.0 Å². The second-order valence-electron chi connectivity index (χ2n) is 6.22. The monoisotopic (exact) mass is 305 g/mol. The molecule has 2 unspecified atom stereocenters. The Kier molecular flexibility index (Phi) is 3.66. The number of nitrogen functional groups attached to an aromatic ring is 1. The molecular formula is C16H23N3O3. The van der Waals surface area contributed by atoms with Crippen molar-refractivity contribution >= 4 is 17.1 Å². The Morgan fingerprint density at radius 3 is 3.05 bits per heavy atom. The predicted molar refractivity (Wildman–Crippen MR) is 86.2 cm³/mol. The molecule has 0 fully saturated rings. The Labute approximate surface area is 130 Å². The molecule has 6 nitrogen and oxygen atoms in total. The van der Waals surface area contributed by atoms with Gasteiger partial charge < -0.3 is 30.5 Å². The van der Waals surface area contributed by atoms with Crippen LogP contribution in [-0.4, -0.2) is 44.2 Å². The van der Waals surface area contributed by atoms with Gasteiger partial charge in [-0.1, -0.05) is 0 Å². The van der Waals surface area contributed by atoms with Crippen LogP contribution in [0.1, 0.15) is 18.9 Å². The number of nitrogens with two attached hydrogens (primary N) is 1. The highest BCUT2D eigenvalue weighted by Crippen LogP contribution is 2.39. The Balaban J connectivity index is 2.11. The second-order valence-corrected chi connectivity index (χ2v) is 6.22. The number of likely N-dealkylation sites (N-methyl/N-ethyl adjacent to an activating group) is 1. The molecule has 2 aliphatic rings. The lowest BCUT2D eigenvalue weighted by molar-refractivity contribution is 0.0848. The molecular weight excluding hydrogens is 282 g/mol. The van der Waals surface area contributed by atoms with E-state index < -0.39 is 6.23 Å². The minimum atomic E-state index is -0.816. The highest BCUT2D eigenvalue weighted by atomic mass is 16.5. The van der Waals surface area contributed by atoms with Crippen LogP contribution in [0.5, 0.6) is 0 Å². The third kappa shape index (κ3) is 2.38. The van der Waals surface area contributed by atoms with Gasteiger partial charge in [0.15, 0.2) is 12.0 Å². The first kappa shape index (κ1) is 15.0. The quantitative estimate of drug-likeness (QED) is 0.711. The van der Waals surface area contributed by atoms with Crippen LogP contribution in [-0.2, 0) is 9.47 Å². The lowest BCUT2D eigenvalue weighted by Crippen LogP contribution is -2.47. The zero-order valence-electron chi connectivity index (χ0n) is 13.2. The number of rotatable bonds is 2. The number of hydrogen-bond acceptors (Lipinski definition) is 6. The number of methoxy groups -OCH3 is 1. The maximum atomic E-state index is 10.6. The molecule has 0 radical (unpaired) electrons. The van der Waals surface area contributed by atoms with Crippen molar-refractivity contribution in [3.05, 3.63) is 29.5 Å². The van der Waals surface area contributed by atoms with Gasteiger partial charge in [-0.3, -0.25) is 0 Å². The molecule has 0 aliphatic carbocycles. The average molecular weight is 305 g/mol. The molecule has 2 heterocycles. The summed E-state index contributed by atoms with van der Waals surface area (Å²) in [6, 6.07) is 5.65. The summed E-state index contributed by atoms with van der Waals surface area (Å²) in [4.78, 5) is 1.79. The maximum Gasteiger partial charge on any atom is 0.188 e. The van der Waals surface area contributed by atoms with Gasteiger partial charge in [0.05, 0.1) is 24.4 Å². The summed E-state index contributed by atoms with van der Waals surface area (Å²) in [5.74, 6) is 0.542. The van der Waals surface area contributed by atoms with Crippen molar-refractivity contribution in [2.45, 2.75) is 25.1 Å². The fourth-order valence-electron chi connectivity index (χ4n) is 3.08.